The Bertz CT molecular complexity index is 1270. The van der Waals surface area contributed by atoms with Crippen LogP contribution in [0.5, 0.6) is 11.5 Å². The highest BCUT2D eigenvalue weighted by Gasteiger charge is 2.10. The Kier molecular flexibility index (Phi) is 8.12. The van der Waals surface area contributed by atoms with E-state index in [0.29, 0.717) is 22.7 Å². The molecule has 2 amide bonds. The molecular formula is C25H24N4O6. The lowest BCUT2D eigenvalue weighted by Gasteiger charge is -2.12. The number of anilines is 1. The number of nitro benzene ring substituents is 1. The Morgan fingerprint density at radius 2 is 1.74 bits per heavy atom. The number of hydrazone groups is 1. The molecule has 0 aliphatic heterocycles. The largest absolute Gasteiger partial charge is 0.493 e. The minimum atomic E-state index is -0.544. The van der Waals surface area contributed by atoms with Crippen LogP contribution in [0.15, 0.2) is 65.8 Å². The molecule has 0 saturated heterocycles. The van der Waals surface area contributed by atoms with Crippen molar-refractivity contribution in [2.45, 2.75) is 13.8 Å². The van der Waals surface area contributed by atoms with Crippen LogP contribution in [-0.4, -0.2) is 36.7 Å². The lowest BCUT2D eigenvalue weighted by Crippen LogP contribution is -2.20. The summed E-state index contributed by atoms with van der Waals surface area (Å²) in [6, 6.07) is 15.8. The van der Waals surface area contributed by atoms with Crippen LogP contribution in [-0.2, 0) is 4.79 Å². The first-order chi connectivity index (χ1) is 16.8. The third-order valence-electron chi connectivity index (χ3n) is 5.06. The van der Waals surface area contributed by atoms with Gasteiger partial charge < -0.3 is 14.8 Å². The van der Waals surface area contributed by atoms with Gasteiger partial charge >= 0.3 is 0 Å². The smallest absolute Gasteiger partial charge is 0.271 e. The number of methoxy groups -OCH3 is 1. The van der Waals surface area contributed by atoms with Crippen LogP contribution >= 0.6 is 0 Å². The fourth-order valence-corrected chi connectivity index (χ4v) is 3.01. The standard InChI is InChI=1S/C25H24N4O6/c1-16-4-8-20(12-17(16)2)27-24(30)15-35-22-11-5-18(13-23(22)34-3)14-26-28-25(31)19-6-9-21(10-7-19)29(32)33/h4-14H,15H2,1-3H3,(H,27,30)(H,28,31)/b26-14+. The zero-order valence-corrected chi connectivity index (χ0v) is 19.4. The predicted molar refractivity (Wildman–Crippen MR) is 131 cm³/mol. The number of nitrogens with zero attached hydrogens (tertiary/aromatic N) is 2. The maximum atomic E-state index is 12.3. The van der Waals surface area contributed by atoms with E-state index >= 15 is 0 Å². The lowest BCUT2D eigenvalue weighted by molar-refractivity contribution is -0.384. The van der Waals surface area contributed by atoms with Crippen molar-refractivity contribution >= 4 is 29.4 Å². The van der Waals surface area contributed by atoms with Crippen molar-refractivity contribution in [3.8, 4) is 11.5 Å². The van der Waals surface area contributed by atoms with E-state index in [2.05, 4.69) is 15.8 Å². The third kappa shape index (κ3) is 6.87. The van der Waals surface area contributed by atoms with Gasteiger partial charge in [-0.05, 0) is 73.0 Å². The molecule has 0 unspecified atom stereocenters. The van der Waals surface area contributed by atoms with Crippen molar-refractivity contribution in [1.82, 2.24) is 5.43 Å². The number of benzene rings is 3. The molecule has 180 valence electrons. The first-order valence-corrected chi connectivity index (χ1v) is 10.5. The fourth-order valence-electron chi connectivity index (χ4n) is 3.01. The molecular weight excluding hydrogens is 452 g/mol. The van der Waals surface area contributed by atoms with Gasteiger partial charge in [0.2, 0.25) is 0 Å². The van der Waals surface area contributed by atoms with Gasteiger partial charge in [-0.3, -0.25) is 19.7 Å². The molecule has 3 aromatic carbocycles. The number of nitrogens with one attached hydrogen (secondary N) is 2. The van der Waals surface area contributed by atoms with E-state index in [1.165, 1.54) is 37.6 Å². The molecule has 35 heavy (non-hydrogen) atoms. The van der Waals surface area contributed by atoms with E-state index in [-0.39, 0.29) is 23.8 Å². The van der Waals surface area contributed by atoms with Gasteiger partial charge in [0.05, 0.1) is 18.2 Å². The van der Waals surface area contributed by atoms with Crippen molar-refractivity contribution in [1.29, 1.82) is 0 Å². The van der Waals surface area contributed by atoms with Crippen LogP contribution in [0.4, 0.5) is 11.4 Å². The third-order valence-corrected chi connectivity index (χ3v) is 5.06. The Morgan fingerprint density at radius 1 is 1.00 bits per heavy atom. The zero-order valence-electron chi connectivity index (χ0n) is 19.4. The lowest BCUT2D eigenvalue weighted by atomic mass is 10.1. The molecule has 3 rings (SSSR count). The highest BCUT2D eigenvalue weighted by Crippen LogP contribution is 2.27. The normalized spacial score (nSPS) is 10.6. The number of hydrogen-bond donors (Lipinski definition) is 2. The van der Waals surface area contributed by atoms with Crippen LogP contribution in [0.1, 0.15) is 27.0 Å². The van der Waals surface area contributed by atoms with E-state index in [4.69, 9.17) is 9.47 Å². The molecule has 0 heterocycles. The van der Waals surface area contributed by atoms with Crippen molar-refractivity contribution in [3.05, 3.63) is 93.0 Å². The molecule has 0 atom stereocenters. The summed E-state index contributed by atoms with van der Waals surface area (Å²) in [6.45, 7) is 3.76. The second-order valence-electron chi connectivity index (χ2n) is 7.55. The zero-order chi connectivity index (χ0) is 25.4. The van der Waals surface area contributed by atoms with Gasteiger partial charge in [0.25, 0.3) is 17.5 Å². The molecule has 0 spiro atoms. The topological polar surface area (TPSA) is 132 Å². The number of carbonyl (C=O) groups is 2. The van der Waals surface area contributed by atoms with Crippen LogP contribution in [0.25, 0.3) is 0 Å². The second kappa shape index (κ2) is 11.4. The van der Waals surface area contributed by atoms with Gasteiger partial charge in [-0.15, -0.1) is 0 Å². The van der Waals surface area contributed by atoms with Crippen LogP contribution in [0.2, 0.25) is 0 Å². The number of rotatable bonds is 9. The minimum Gasteiger partial charge on any atom is -0.493 e. The van der Waals surface area contributed by atoms with E-state index in [1.807, 2.05) is 32.0 Å². The van der Waals surface area contributed by atoms with Gasteiger partial charge in [0.1, 0.15) is 0 Å². The monoisotopic (exact) mass is 476 g/mol. The number of carbonyl (C=O) groups excluding carboxylic acids is 2. The summed E-state index contributed by atoms with van der Waals surface area (Å²) in [4.78, 5) is 34.5. The van der Waals surface area contributed by atoms with Crippen LogP contribution < -0.4 is 20.2 Å². The molecule has 0 radical (unpaired) electrons. The molecule has 0 aliphatic carbocycles. The van der Waals surface area contributed by atoms with Crippen LogP contribution in [0, 0.1) is 24.0 Å². The first kappa shape index (κ1) is 24.9. The summed E-state index contributed by atoms with van der Waals surface area (Å²) in [6.07, 6.45) is 1.40. The van der Waals surface area contributed by atoms with Gasteiger partial charge in [-0.25, -0.2) is 5.43 Å². The maximum absolute atomic E-state index is 12.3. The first-order valence-electron chi connectivity index (χ1n) is 10.5. The predicted octanol–water partition coefficient (Wildman–Crippen LogP) is 4.00. The summed E-state index contributed by atoms with van der Waals surface area (Å²) < 4.78 is 10.9. The molecule has 10 heteroatoms. The minimum absolute atomic E-state index is 0.109. The molecule has 0 fully saturated rings. The van der Waals surface area contributed by atoms with Gasteiger partial charge in [0.15, 0.2) is 18.1 Å². The molecule has 0 aromatic heterocycles. The Balaban J connectivity index is 1.56. The van der Waals surface area contributed by atoms with Gasteiger partial charge in [-0.1, -0.05) is 6.07 Å². The van der Waals surface area contributed by atoms with E-state index in [9.17, 15) is 19.7 Å². The summed E-state index contributed by atoms with van der Waals surface area (Å²) in [5.74, 6) is -0.0721. The molecule has 0 bridgehead atoms. The number of ether oxygens (including phenoxy) is 2. The molecule has 10 nitrogen and oxygen atoms in total. The quantitative estimate of drug-likeness (QED) is 0.273. The summed E-state index contributed by atoms with van der Waals surface area (Å²) in [5.41, 5.74) is 5.99. The van der Waals surface area contributed by atoms with E-state index in [0.717, 1.165) is 11.1 Å². The molecule has 2 N–H and O–H groups in total. The number of amides is 2. The average molecular weight is 476 g/mol. The average Bonchev–Trinajstić information content (AvgIpc) is 2.85. The van der Waals surface area contributed by atoms with Crippen LogP contribution in [0.3, 0.4) is 0 Å². The summed E-state index contributed by atoms with van der Waals surface area (Å²) >= 11 is 0. The van der Waals surface area contributed by atoms with Crippen molar-refractivity contribution in [2.24, 2.45) is 5.10 Å². The highest BCUT2D eigenvalue weighted by atomic mass is 16.6. The SMILES string of the molecule is COc1cc(/C=N/NC(=O)c2ccc([N+](=O)[O-])cc2)ccc1OCC(=O)Nc1ccc(C)c(C)c1. The number of non-ortho nitro benzene ring substituents is 1. The Labute approximate surface area is 201 Å². The number of aryl methyl sites for hydroxylation is 2. The van der Waals surface area contributed by atoms with Crippen molar-refractivity contribution in [2.75, 3.05) is 19.0 Å². The molecule has 0 saturated carbocycles. The second-order valence-corrected chi connectivity index (χ2v) is 7.55. The number of nitro groups is 1. The Hall–Kier alpha value is -4.73. The number of hydrogen-bond acceptors (Lipinski definition) is 7. The maximum Gasteiger partial charge on any atom is 0.271 e. The van der Waals surface area contributed by atoms with Gasteiger partial charge in [0, 0.05) is 23.4 Å². The Morgan fingerprint density at radius 3 is 2.40 bits per heavy atom. The van der Waals surface area contributed by atoms with E-state index < -0.39 is 10.8 Å². The van der Waals surface area contributed by atoms with E-state index in [1.54, 1.807) is 18.2 Å². The fraction of sp³-hybridized carbons (Fsp3) is 0.160. The highest BCUT2D eigenvalue weighted by molar-refractivity contribution is 5.95. The molecule has 3 aromatic rings. The van der Waals surface area contributed by atoms with Crippen molar-refractivity contribution in [3.63, 3.8) is 0 Å². The van der Waals surface area contributed by atoms with Gasteiger partial charge in [-0.2, -0.15) is 5.10 Å². The molecule has 0 aliphatic rings. The van der Waals surface area contributed by atoms with Crippen molar-refractivity contribution < 1.29 is 24.0 Å². The summed E-state index contributed by atoms with van der Waals surface area (Å²) in [7, 11) is 1.47. The summed E-state index contributed by atoms with van der Waals surface area (Å²) in [5, 5.41) is 17.4.